The number of carbonyl (C=O) groups is 1. The van der Waals surface area contributed by atoms with Gasteiger partial charge in [0.2, 0.25) is 0 Å². The molecule has 1 atom stereocenters. The van der Waals surface area contributed by atoms with Gasteiger partial charge in [0, 0.05) is 6.54 Å². The van der Waals surface area contributed by atoms with Crippen LogP contribution >= 0.6 is 11.3 Å². The maximum Gasteiger partial charge on any atom is 0.326 e. The fourth-order valence-electron chi connectivity index (χ4n) is 2.62. The third-order valence-electron chi connectivity index (χ3n) is 3.55. The Balaban J connectivity index is 2.06. The van der Waals surface area contributed by atoms with Gasteiger partial charge in [-0.3, -0.25) is 0 Å². The molecule has 1 fully saturated rings. The minimum absolute atomic E-state index is 0.472. The summed E-state index contributed by atoms with van der Waals surface area (Å²) in [5.41, 5.74) is 0. The molecular formula is C13H15N3O2S. The van der Waals surface area contributed by atoms with Crippen LogP contribution in [0.3, 0.4) is 0 Å². The van der Waals surface area contributed by atoms with Crippen LogP contribution < -0.4 is 4.90 Å². The van der Waals surface area contributed by atoms with Crippen LogP contribution in [-0.2, 0) is 4.79 Å². The summed E-state index contributed by atoms with van der Waals surface area (Å²) in [4.78, 5) is 22.9. The second kappa shape index (κ2) is 5.13. The summed E-state index contributed by atoms with van der Waals surface area (Å²) < 4.78 is 0. The van der Waals surface area contributed by atoms with E-state index >= 15 is 0 Å². The van der Waals surface area contributed by atoms with Crippen molar-refractivity contribution in [2.45, 2.75) is 31.7 Å². The molecule has 1 unspecified atom stereocenters. The summed E-state index contributed by atoms with van der Waals surface area (Å²) in [7, 11) is 0. The number of hydrogen-bond acceptors (Lipinski definition) is 5. The first-order valence-corrected chi connectivity index (χ1v) is 7.33. The molecule has 5 nitrogen and oxygen atoms in total. The quantitative estimate of drug-likeness (QED) is 0.913. The SMILES string of the molecule is O=C(O)C1CCCCCN1c1ncnc2sccc12. The minimum atomic E-state index is -0.760. The Labute approximate surface area is 114 Å². The first-order chi connectivity index (χ1) is 9.27. The van der Waals surface area contributed by atoms with Crippen LogP contribution in [0.15, 0.2) is 17.8 Å². The molecule has 0 saturated carbocycles. The maximum absolute atomic E-state index is 11.5. The minimum Gasteiger partial charge on any atom is -0.480 e. The van der Waals surface area contributed by atoms with Crippen LogP contribution in [0.25, 0.3) is 10.2 Å². The second-order valence-corrected chi connectivity index (χ2v) is 5.63. The van der Waals surface area contributed by atoms with Crippen LogP contribution in [0.1, 0.15) is 25.7 Å². The average molecular weight is 277 g/mol. The molecule has 2 aromatic heterocycles. The van der Waals surface area contributed by atoms with Crippen molar-refractivity contribution in [2.24, 2.45) is 0 Å². The van der Waals surface area contributed by atoms with Crippen molar-refractivity contribution in [2.75, 3.05) is 11.4 Å². The van der Waals surface area contributed by atoms with E-state index in [2.05, 4.69) is 9.97 Å². The number of rotatable bonds is 2. The third kappa shape index (κ3) is 2.28. The molecule has 1 aliphatic heterocycles. The number of thiophene rings is 1. The van der Waals surface area contributed by atoms with E-state index in [9.17, 15) is 9.90 Å². The molecule has 0 spiro atoms. The van der Waals surface area contributed by atoms with Gasteiger partial charge in [0.25, 0.3) is 0 Å². The fraction of sp³-hybridized carbons (Fsp3) is 0.462. The van der Waals surface area contributed by atoms with Crippen molar-refractivity contribution in [3.63, 3.8) is 0 Å². The monoisotopic (exact) mass is 277 g/mol. The molecule has 0 aliphatic carbocycles. The Bertz CT molecular complexity index is 598. The van der Waals surface area contributed by atoms with Crippen LogP contribution in [-0.4, -0.2) is 33.6 Å². The molecule has 2 aromatic rings. The van der Waals surface area contributed by atoms with Crippen molar-refractivity contribution >= 4 is 33.3 Å². The Morgan fingerprint density at radius 1 is 1.37 bits per heavy atom. The van der Waals surface area contributed by atoms with Crippen molar-refractivity contribution < 1.29 is 9.90 Å². The smallest absolute Gasteiger partial charge is 0.326 e. The summed E-state index contributed by atoms with van der Waals surface area (Å²) in [6.07, 6.45) is 5.27. The number of fused-ring (bicyclic) bond motifs is 1. The summed E-state index contributed by atoms with van der Waals surface area (Å²) in [5.74, 6) is 0.00411. The van der Waals surface area contributed by atoms with E-state index in [0.29, 0.717) is 6.42 Å². The zero-order valence-corrected chi connectivity index (χ0v) is 11.3. The molecule has 0 bridgehead atoms. The highest BCUT2D eigenvalue weighted by molar-refractivity contribution is 7.16. The Morgan fingerprint density at radius 3 is 3.11 bits per heavy atom. The molecule has 100 valence electrons. The fourth-order valence-corrected chi connectivity index (χ4v) is 3.35. The zero-order chi connectivity index (χ0) is 13.2. The molecule has 19 heavy (non-hydrogen) atoms. The molecule has 1 aliphatic rings. The highest BCUT2D eigenvalue weighted by atomic mass is 32.1. The molecule has 0 radical (unpaired) electrons. The van der Waals surface area contributed by atoms with E-state index in [1.807, 2.05) is 16.3 Å². The predicted molar refractivity (Wildman–Crippen MR) is 74.7 cm³/mol. The lowest BCUT2D eigenvalue weighted by Crippen LogP contribution is -2.41. The van der Waals surface area contributed by atoms with Gasteiger partial charge in [-0.2, -0.15) is 0 Å². The van der Waals surface area contributed by atoms with E-state index in [1.165, 1.54) is 6.33 Å². The van der Waals surface area contributed by atoms with Gasteiger partial charge < -0.3 is 10.0 Å². The summed E-state index contributed by atoms with van der Waals surface area (Å²) >= 11 is 1.56. The highest BCUT2D eigenvalue weighted by Gasteiger charge is 2.29. The van der Waals surface area contributed by atoms with Crippen LogP contribution in [0.2, 0.25) is 0 Å². The van der Waals surface area contributed by atoms with Crippen LogP contribution in [0, 0.1) is 0 Å². The van der Waals surface area contributed by atoms with Crippen molar-refractivity contribution in [3.8, 4) is 0 Å². The molecule has 0 aromatic carbocycles. The standard InChI is InChI=1S/C13H15N3O2S/c17-13(18)10-4-2-1-3-6-16(10)11-9-5-7-19-12(9)15-8-14-11/h5,7-8,10H,1-4,6H2,(H,17,18). The lowest BCUT2D eigenvalue weighted by molar-refractivity contribution is -0.138. The van der Waals surface area contributed by atoms with Crippen molar-refractivity contribution in [1.82, 2.24) is 9.97 Å². The number of nitrogens with zero attached hydrogens (tertiary/aromatic N) is 3. The number of carboxylic acids is 1. The van der Waals surface area contributed by atoms with Gasteiger partial charge in [-0.25, -0.2) is 14.8 Å². The zero-order valence-electron chi connectivity index (χ0n) is 10.5. The van der Waals surface area contributed by atoms with Gasteiger partial charge in [-0.15, -0.1) is 11.3 Å². The Hall–Kier alpha value is -1.69. The number of hydrogen-bond donors (Lipinski definition) is 1. The summed E-state index contributed by atoms with van der Waals surface area (Å²) in [6, 6.07) is 1.50. The maximum atomic E-state index is 11.5. The molecule has 3 rings (SSSR count). The highest BCUT2D eigenvalue weighted by Crippen LogP contribution is 2.30. The van der Waals surface area contributed by atoms with Gasteiger partial charge in [-0.05, 0) is 24.3 Å². The van der Waals surface area contributed by atoms with Crippen LogP contribution in [0.5, 0.6) is 0 Å². The van der Waals surface area contributed by atoms with Gasteiger partial charge in [-0.1, -0.05) is 12.8 Å². The predicted octanol–water partition coefficient (Wildman–Crippen LogP) is 2.52. The molecule has 6 heteroatoms. The van der Waals surface area contributed by atoms with Gasteiger partial charge >= 0.3 is 5.97 Å². The molecule has 0 amide bonds. The van der Waals surface area contributed by atoms with E-state index < -0.39 is 12.0 Å². The van der Waals surface area contributed by atoms with E-state index in [0.717, 1.165) is 41.8 Å². The molecule has 1 saturated heterocycles. The van der Waals surface area contributed by atoms with Gasteiger partial charge in [0.1, 0.15) is 23.0 Å². The van der Waals surface area contributed by atoms with Gasteiger partial charge in [0.05, 0.1) is 5.39 Å². The number of aliphatic carboxylic acids is 1. The van der Waals surface area contributed by atoms with E-state index in [1.54, 1.807) is 11.3 Å². The van der Waals surface area contributed by atoms with Gasteiger partial charge in [0.15, 0.2) is 0 Å². The topological polar surface area (TPSA) is 66.3 Å². The normalized spacial score (nSPS) is 20.4. The first kappa shape index (κ1) is 12.3. The van der Waals surface area contributed by atoms with Crippen molar-refractivity contribution in [1.29, 1.82) is 0 Å². The molecular weight excluding hydrogens is 262 g/mol. The number of carboxylic acid groups (broad SMARTS) is 1. The molecule has 3 heterocycles. The Kier molecular flexibility index (Phi) is 3.33. The molecule has 1 N–H and O–H groups in total. The van der Waals surface area contributed by atoms with E-state index in [-0.39, 0.29) is 0 Å². The Morgan fingerprint density at radius 2 is 2.26 bits per heavy atom. The lowest BCUT2D eigenvalue weighted by atomic mass is 10.1. The van der Waals surface area contributed by atoms with Crippen molar-refractivity contribution in [3.05, 3.63) is 17.8 Å². The number of anilines is 1. The summed E-state index contributed by atoms with van der Waals surface area (Å²) in [5, 5.41) is 12.4. The first-order valence-electron chi connectivity index (χ1n) is 6.45. The largest absolute Gasteiger partial charge is 0.480 e. The number of aromatic nitrogens is 2. The average Bonchev–Trinajstić information content (AvgIpc) is 2.74. The van der Waals surface area contributed by atoms with E-state index in [4.69, 9.17) is 0 Å². The van der Waals surface area contributed by atoms with Crippen LogP contribution in [0.4, 0.5) is 5.82 Å². The lowest BCUT2D eigenvalue weighted by Gasteiger charge is -2.28. The second-order valence-electron chi connectivity index (χ2n) is 4.73. The summed E-state index contributed by atoms with van der Waals surface area (Å²) in [6.45, 7) is 0.749. The third-order valence-corrected chi connectivity index (χ3v) is 4.37.